The second-order valence-corrected chi connectivity index (χ2v) is 6.04. The number of hydrogen-bond acceptors (Lipinski definition) is 4. The summed E-state index contributed by atoms with van der Waals surface area (Å²) >= 11 is 0. The number of pyridine rings is 2. The first-order chi connectivity index (χ1) is 12.3. The van der Waals surface area contributed by atoms with Crippen LogP contribution in [0.1, 0.15) is 17.5 Å². The van der Waals surface area contributed by atoms with Gasteiger partial charge in [-0.15, -0.1) is 0 Å². The number of aryl methyl sites for hydroxylation is 1. The molecule has 0 saturated carbocycles. The Bertz CT molecular complexity index is 880. The molecular formula is C20H18FN3O. The molecule has 0 aliphatic carbocycles. The Hall–Kier alpha value is -2.95. The van der Waals surface area contributed by atoms with Crippen LogP contribution >= 0.6 is 0 Å². The monoisotopic (exact) mass is 335 g/mol. The SMILES string of the molecule is Fc1ccc(OCc2ccncc2-c2cnc3c(c2)CCCN3)cc1. The molecule has 1 N–H and O–H groups in total. The molecule has 1 aromatic carbocycles. The summed E-state index contributed by atoms with van der Waals surface area (Å²) in [5.74, 6) is 1.34. The average molecular weight is 335 g/mol. The summed E-state index contributed by atoms with van der Waals surface area (Å²) in [6.45, 7) is 1.36. The molecule has 1 aliphatic heterocycles. The van der Waals surface area contributed by atoms with E-state index >= 15 is 0 Å². The van der Waals surface area contributed by atoms with E-state index in [-0.39, 0.29) is 5.82 Å². The van der Waals surface area contributed by atoms with Crippen LogP contribution in [0.5, 0.6) is 5.75 Å². The van der Waals surface area contributed by atoms with Crippen LogP contribution < -0.4 is 10.1 Å². The van der Waals surface area contributed by atoms with Crippen LogP contribution in [0.4, 0.5) is 10.2 Å². The van der Waals surface area contributed by atoms with Crippen molar-refractivity contribution >= 4 is 5.82 Å². The van der Waals surface area contributed by atoms with Gasteiger partial charge >= 0.3 is 0 Å². The minimum atomic E-state index is -0.273. The number of ether oxygens (including phenoxy) is 1. The Morgan fingerprint density at radius 3 is 2.88 bits per heavy atom. The van der Waals surface area contributed by atoms with E-state index in [9.17, 15) is 4.39 Å². The Labute approximate surface area is 145 Å². The minimum Gasteiger partial charge on any atom is -0.489 e. The molecular weight excluding hydrogens is 317 g/mol. The fraction of sp³-hybridized carbons (Fsp3) is 0.200. The highest BCUT2D eigenvalue weighted by Crippen LogP contribution is 2.28. The molecule has 0 bridgehead atoms. The van der Waals surface area contributed by atoms with E-state index in [1.807, 2.05) is 18.5 Å². The number of fused-ring (bicyclic) bond motifs is 1. The van der Waals surface area contributed by atoms with Gasteiger partial charge in [0, 0.05) is 41.8 Å². The number of anilines is 1. The van der Waals surface area contributed by atoms with Crippen molar-refractivity contribution in [1.82, 2.24) is 9.97 Å². The summed E-state index contributed by atoms with van der Waals surface area (Å²) in [5, 5.41) is 3.33. The zero-order chi connectivity index (χ0) is 17.1. The van der Waals surface area contributed by atoms with E-state index in [0.29, 0.717) is 12.4 Å². The molecule has 25 heavy (non-hydrogen) atoms. The van der Waals surface area contributed by atoms with E-state index in [4.69, 9.17) is 4.74 Å². The first-order valence-electron chi connectivity index (χ1n) is 8.34. The molecule has 0 fully saturated rings. The molecule has 3 aromatic rings. The lowest BCUT2D eigenvalue weighted by molar-refractivity contribution is 0.306. The van der Waals surface area contributed by atoms with Gasteiger partial charge in [0.05, 0.1) is 0 Å². The normalized spacial score (nSPS) is 13.0. The maximum Gasteiger partial charge on any atom is 0.129 e. The van der Waals surface area contributed by atoms with Crippen LogP contribution in [-0.4, -0.2) is 16.5 Å². The van der Waals surface area contributed by atoms with Crippen LogP contribution in [-0.2, 0) is 13.0 Å². The van der Waals surface area contributed by atoms with Crippen molar-refractivity contribution in [3.63, 3.8) is 0 Å². The van der Waals surface area contributed by atoms with E-state index in [0.717, 1.165) is 41.9 Å². The average Bonchev–Trinajstić information content (AvgIpc) is 2.67. The summed E-state index contributed by atoms with van der Waals surface area (Å²) in [6.07, 6.45) is 7.61. The van der Waals surface area contributed by atoms with Crippen LogP contribution in [0.25, 0.3) is 11.1 Å². The molecule has 126 valence electrons. The van der Waals surface area contributed by atoms with Crippen LogP contribution in [0, 0.1) is 5.82 Å². The highest BCUT2D eigenvalue weighted by molar-refractivity contribution is 5.68. The Morgan fingerprint density at radius 2 is 2.00 bits per heavy atom. The lowest BCUT2D eigenvalue weighted by Crippen LogP contribution is -2.13. The second-order valence-electron chi connectivity index (χ2n) is 6.04. The third kappa shape index (κ3) is 3.45. The fourth-order valence-corrected chi connectivity index (χ4v) is 2.99. The number of nitrogens with zero attached hydrogens (tertiary/aromatic N) is 2. The Balaban J connectivity index is 1.59. The number of hydrogen-bond donors (Lipinski definition) is 1. The van der Waals surface area contributed by atoms with E-state index < -0.39 is 0 Å². The van der Waals surface area contributed by atoms with Gasteiger partial charge in [-0.2, -0.15) is 0 Å². The second kappa shape index (κ2) is 6.89. The van der Waals surface area contributed by atoms with Gasteiger partial charge in [-0.25, -0.2) is 9.37 Å². The number of halogens is 1. The van der Waals surface area contributed by atoms with Crippen molar-refractivity contribution in [3.8, 4) is 16.9 Å². The molecule has 5 heteroatoms. The first-order valence-corrected chi connectivity index (χ1v) is 8.34. The molecule has 3 heterocycles. The lowest BCUT2D eigenvalue weighted by atomic mass is 9.99. The van der Waals surface area contributed by atoms with Gasteiger partial charge in [0.1, 0.15) is 24.0 Å². The summed E-state index contributed by atoms with van der Waals surface area (Å²) in [5.41, 5.74) is 4.29. The molecule has 4 nitrogen and oxygen atoms in total. The molecule has 4 rings (SSSR count). The largest absolute Gasteiger partial charge is 0.489 e. The van der Waals surface area contributed by atoms with Crippen molar-refractivity contribution in [3.05, 3.63) is 71.9 Å². The zero-order valence-electron chi connectivity index (χ0n) is 13.7. The summed E-state index contributed by atoms with van der Waals surface area (Å²) in [6, 6.07) is 10.2. The quantitative estimate of drug-likeness (QED) is 0.775. The smallest absolute Gasteiger partial charge is 0.129 e. The molecule has 0 radical (unpaired) electrons. The predicted molar refractivity (Wildman–Crippen MR) is 95.0 cm³/mol. The van der Waals surface area contributed by atoms with Crippen molar-refractivity contribution in [2.45, 2.75) is 19.4 Å². The van der Waals surface area contributed by atoms with Gasteiger partial charge in [0.15, 0.2) is 0 Å². The third-order valence-electron chi connectivity index (χ3n) is 4.31. The number of benzene rings is 1. The third-order valence-corrected chi connectivity index (χ3v) is 4.31. The standard InChI is InChI=1S/C20H18FN3O/c21-17-3-5-18(6-4-17)25-13-15-7-9-22-12-19(15)16-10-14-2-1-8-23-20(14)24-11-16/h3-7,9-12H,1-2,8,13H2,(H,23,24). The molecule has 0 unspecified atom stereocenters. The fourth-order valence-electron chi connectivity index (χ4n) is 2.99. The van der Waals surface area contributed by atoms with Crippen molar-refractivity contribution in [2.75, 3.05) is 11.9 Å². The number of rotatable bonds is 4. The topological polar surface area (TPSA) is 47.0 Å². The maximum absolute atomic E-state index is 13.0. The zero-order valence-corrected chi connectivity index (χ0v) is 13.7. The van der Waals surface area contributed by atoms with Crippen LogP contribution in [0.15, 0.2) is 55.0 Å². The predicted octanol–water partition coefficient (Wildman–Crippen LogP) is 4.22. The highest BCUT2D eigenvalue weighted by Gasteiger charge is 2.13. The molecule has 0 saturated heterocycles. The summed E-state index contributed by atoms with van der Waals surface area (Å²) in [4.78, 5) is 8.80. The van der Waals surface area contributed by atoms with Gasteiger partial charge in [-0.1, -0.05) is 0 Å². The molecule has 1 aliphatic rings. The van der Waals surface area contributed by atoms with Crippen LogP contribution in [0.3, 0.4) is 0 Å². The molecule has 2 aromatic heterocycles. The highest BCUT2D eigenvalue weighted by atomic mass is 19.1. The van der Waals surface area contributed by atoms with E-state index in [2.05, 4.69) is 21.4 Å². The van der Waals surface area contributed by atoms with Gasteiger partial charge in [-0.05, 0) is 54.8 Å². The van der Waals surface area contributed by atoms with E-state index in [1.54, 1.807) is 18.3 Å². The van der Waals surface area contributed by atoms with Crippen molar-refractivity contribution < 1.29 is 9.13 Å². The Kier molecular flexibility index (Phi) is 4.29. The number of aromatic nitrogens is 2. The van der Waals surface area contributed by atoms with Crippen molar-refractivity contribution in [1.29, 1.82) is 0 Å². The van der Waals surface area contributed by atoms with Gasteiger partial charge in [0.2, 0.25) is 0 Å². The van der Waals surface area contributed by atoms with Crippen molar-refractivity contribution in [2.24, 2.45) is 0 Å². The lowest BCUT2D eigenvalue weighted by Gasteiger charge is -2.18. The first kappa shape index (κ1) is 15.6. The summed E-state index contributed by atoms with van der Waals surface area (Å²) in [7, 11) is 0. The molecule has 0 atom stereocenters. The van der Waals surface area contributed by atoms with Crippen LogP contribution in [0.2, 0.25) is 0 Å². The summed E-state index contributed by atoms with van der Waals surface area (Å²) < 4.78 is 18.8. The molecule has 0 spiro atoms. The van der Waals surface area contributed by atoms with Gasteiger partial charge < -0.3 is 10.1 Å². The minimum absolute atomic E-state index is 0.273. The van der Waals surface area contributed by atoms with Gasteiger partial charge in [0.25, 0.3) is 0 Å². The number of nitrogens with one attached hydrogen (secondary N) is 1. The maximum atomic E-state index is 13.0. The van der Waals surface area contributed by atoms with Gasteiger partial charge in [-0.3, -0.25) is 4.98 Å². The molecule has 0 amide bonds. The van der Waals surface area contributed by atoms with E-state index in [1.165, 1.54) is 17.7 Å². The Morgan fingerprint density at radius 1 is 1.12 bits per heavy atom.